The minimum Gasteiger partial charge on any atom is -0.478 e. The number of rotatable bonds is 4. The van der Waals surface area contributed by atoms with Crippen molar-refractivity contribution in [1.82, 2.24) is 9.55 Å². The molecular weight excluding hydrogens is 272 g/mol. The van der Waals surface area contributed by atoms with Crippen LogP contribution in [0.5, 0.6) is 0 Å². The van der Waals surface area contributed by atoms with Crippen LogP contribution in [0, 0.1) is 0 Å². The highest BCUT2D eigenvalue weighted by Gasteiger charge is 2.08. The molecule has 0 amide bonds. The molecular formula is C15H14N2O2S. The third-order valence-electron chi connectivity index (χ3n) is 3.25. The molecule has 1 N–H and O–H groups in total. The molecule has 0 atom stereocenters. The van der Waals surface area contributed by atoms with Gasteiger partial charge in [0.2, 0.25) is 0 Å². The number of thiazole rings is 1. The van der Waals surface area contributed by atoms with Crippen LogP contribution in [0.3, 0.4) is 0 Å². The first-order valence-corrected chi connectivity index (χ1v) is 7.31. The van der Waals surface area contributed by atoms with Crippen molar-refractivity contribution in [3.05, 3.63) is 52.1 Å². The number of benzene rings is 1. The Balaban J connectivity index is 1.94. The lowest BCUT2D eigenvalue weighted by Crippen LogP contribution is -1.99. The van der Waals surface area contributed by atoms with Crippen molar-refractivity contribution in [1.29, 1.82) is 0 Å². The second-order valence-corrected chi connectivity index (χ2v) is 5.55. The highest BCUT2D eigenvalue weighted by molar-refractivity contribution is 7.09. The Hall–Kier alpha value is -2.14. The number of fused-ring (bicyclic) bond motifs is 1. The van der Waals surface area contributed by atoms with E-state index in [4.69, 9.17) is 5.11 Å². The van der Waals surface area contributed by atoms with Crippen molar-refractivity contribution in [2.24, 2.45) is 0 Å². The van der Waals surface area contributed by atoms with E-state index in [1.807, 2.05) is 18.3 Å². The van der Waals surface area contributed by atoms with Crippen LogP contribution in [-0.2, 0) is 13.0 Å². The molecule has 2 aromatic heterocycles. The van der Waals surface area contributed by atoms with Crippen LogP contribution in [0.4, 0.5) is 0 Å². The van der Waals surface area contributed by atoms with Crippen LogP contribution < -0.4 is 0 Å². The zero-order chi connectivity index (χ0) is 14.1. The molecule has 0 saturated carbocycles. The average Bonchev–Trinajstić information content (AvgIpc) is 3.06. The summed E-state index contributed by atoms with van der Waals surface area (Å²) < 4.78 is 2.09. The first kappa shape index (κ1) is 12.9. The Morgan fingerprint density at radius 3 is 2.95 bits per heavy atom. The predicted octanol–water partition coefficient (Wildman–Crippen LogP) is 3.41. The monoisotopic (exact) mass is 286 g/mol. The Labute approximate surface area is 120 Å². The number of carboxylic acid groups (broad SMARTS) is 1. The van der Waals surface area contributed by atoms with Crippen LogP contribution in [0.15, 0.2) is 35.8 Å². The first-order valence-electron chi connectivity index (χ1n) is 6.43. The van der Waals surface area contributed by atoms with Crippen LogP contribution in [0.2, 0.25) is 0 Å². The van der Waals surface area contributed by atoms with Crippen molar-refractivity contribution in [2.45, 2.75) is 19.9 Å². The summed E-state index contributed by atoms with van der Waals surface area (Å²) in [5, 5.41) is 13.2. The maximum absolute atomic E-state index is 11.0. The second-order valence-electron chi connectivity index (χ2n) is 4.61. The molecule has 0 radical (unpaired) electrons. The summed E-state index contributed by atoms with van der Waals surface area (Å²) in [5.41, 5.74) is 2.39. The van der Waals surface area contributed by atoms with Gasteiger partial charge in [-0.1, -0.05) is 6.92 Å². The number of nitrogens with zero attached hydrogens (tertiary/aromatic N) is 2. The van der Waals surface area contributed by atoms with Crippen molar-refractivity contribution in [3.8, 4) is 0 Å². The Morgan fingerprint density at radius 2 is 2.25 bits per heavy atom. The Morgan fingerprint density at radius 1 is 1.40 bits per heavy atom. The number of carboxylic acids is 1. The van der Waals surface area contributed by atoms with Crippen molar-refractivity contribution in [3.63, 3.8) is 0 Å². The van der Waals surface area contributed by atoms with Crippen molar-refractivity contribution in [2.75, 3.05) is 0 Å². The molecule has 0 fully saturated rings. The molecule has 0 bridgehead atoms. The van der Waals surface area contributed by atoms with E-state index in [0.717, 1.165) is 28.0 Å². The molecule has 5 heteroatoms. The number of aryl methyl sites for hydroxylation is 1. The predicted molar refractivity (Wildman–Crippen MR) is 79.5 cm³/mol. The quantitative estimate of drug-likeness (QED) is 0.799. The van der Waals surface area contributed by atoms with E-state index in [-0.39, 0.29) is 0 Å². The summed E-state index contributed by atoms with van der Waals surface area (Å²) in [4.78, 5) is 15.5. The maximum Gasteiger partial charge on any atom is 0.335 e. The van der Waals surface area contributed by atoms with E-state index in [9.17, 15) is 4.79 Å². The average molecular weight is 286 g/mol. The number of aromatic nitrogens is 2. The fourth-order valence-corrected chi connectivity index (χ4v) is 2.97. The van der Waals surface area contributed by atoms with Gasteiger partial charge in [-0.25, -0.2) is 9.78 Å². The summed E-state index contributed by atoms with van der Waals surface area (Å²) in [7, 11) is 0. The lowest BCUT2D eigenvalue weighted by atomic mass is 10.1. The smallest absolute Gasteiger partial charge is 0.335 e. The van der Waals surface area contributed by atoms with Gasteiger partial charge in [-0.15, -0.1) is 11.3 Å². The van der Waals surface area contributed by atoms with Gasteiger partial charge in [0.25, 0.3) is 0 Å². The van der Waals surface area contributed by atoms with Gasteiger partial charge >= 0.3 is 5.97 Å². The third kappa shape index (κ3) is 2.32. The lowest BCUT2D eigenvalue weighted by molar-refractivity contribution is 0.0697. The zero-order valence-electron chi connectivity index (χ0n) is 11.0. The highest BCUT2D eigenvalue weighted by atomic mass is 32.1. The lowest BCUT2D eigenvalue weighted by Gasteiger charge is -2.03. The highest BCUT2D eigenvalue weighted by Crippen LogP contribution is 2.20. The molecule has 0 spiro atoms. The minimum absolute atomic E-state index is 0.317. The van der Waals surface area contributed by atoms with Gasteiger partial charge in [0.1, 0.15) is 0 Å². The summed E-state index contributed by atoms with van der Waals surface area (Å²) in [6.45, 7) is 2.81. The number of hydrogen-bond donors (Lipinski definition) is 1. The Kier molecular flexibility index (Phi) is 3.28. The summed E-state index contributed by atoms with van der Waals surface area (Å²) in [5.74, 6) is -0.897. The molecule has 102 valence electrons. The molecule has 4 nitrogen and oxygen atoms in total. The summed E-state index contributed by atoms with van der Waals surface area (Å²) in [6.07, 6.45) is 2.93. The van der Waals surface area contributed by atoms with Crippen LogP contribution in [-0.4, -0.2) is 20.6 Å². The topological polar surface area (TPSA) is 55.1 Å². The summed E-state index contributed by atoms with van der Waals surface area (Å²) >= 11 is 1.68. The van der Waals surface area contributed by atoms with Gasteiger partial charge in [-0.2, -0.15) is 0 Å². The van der Waals surface area contributed by atoms with Gasteiger partial charge in [-0.05, 0) is 30.7 Å². The van der Waals surface area contributed by atoms with E-state index in [1.54, 1.807) is 23.5 Å². The fraction of sp³-hybridized carbons (Fsp3) is 0.200. The molecule has 1 aromatic carbocycles. The first-order chi connectivity index (χ1) is 9.67. The third-order valence-corrected chi connectivity index (χ3v) is 4.29. The molecule has 2 heterocycles. The normalized spacial score (nSPS) is 11.1. The van der Waals surface area contributed by atoms with Crippen LogP contribution >= 0.6 is 11.3 Å². The zero-order valence-corrected chi connectivity index (χ0v) is 11.9. The summed E-state index contributed by atoms with van der Waals surface area (Å²) in [6, 6.07) is 7.13. The number of carbonyl (C=O) groups is 1. The fourth-order valence-electron chi connectivity index (χ4n) is 2.23. The molecule has 0 aliphatic rings. The van der Waals surface area contributed by atoms with E-state index < -0.39 is 5.97 Å². The number of aromatic carboxylic acids is 1. The molecule has 0 aliphatic heterocycles. The molecule has 0 aliphatic carbocycles. The molecule has 3 aromatic rings. The molecule has 0 unspecified atom stereocenters. The second kappa shape index (κ2) is 5.09. The molecule has 3 rings (SSSR count). The largest absolute Gasteiger partial charge is 0.478 e. The van der Waals surface area contributed by atoms with E-state index in [0.29, 0.717) is 12.1 Å². The van der Waals surface area contributed by atoms with E-state index in [1.165, 1.54) is 0 Å². The van der Waals surface area contributed by atoms with E-state index in [2.05, 4.69) is 21.9 Å². The SMILES string of the molecule is CCc1nc(Cn2ccc3cc(C(=O)O)ccc32)cs1. The maximum atomic E-state index is 11.0. The van der Waals surface area contributed by atoms with Gasteiger partial charge in [0, 0.05) is 22.5 Å². The molecule has 0 saturated heterocycles. The Bertz CT molecular complexity index is 773. The minimum atomic E-state index is -0.897. The van der Waals surface area contributed by atoms with Gasteiger partial charge in [0.05, 0.1) is 22.8 Å². The van der Waals surface area contributed by atoms with Crippen LogP contribution in [0.1, 0.15) is 28.0 Å². The van der Waals surface area contributed by atoms with Gasteiger partial charge in [0.15, 0.2) is 0 Å². The molecule has 20 heavy (non-hydrogen) atoms. The van der Waals surface area contributed by atoms with Crippen molar-refractivity contribution < 1.29 is 9.90 Å². The van der Waals surface area contributed by atoms with E-state index >= 15 is 0 Å². The standard InChI is InChI=1S/C15H14N2O2S/c1-2-14-16-12(9-20-14)8-17-6-5-10-7-11(15(18)19)3-4-13(10)17/h3-7,9H,2,8H2,1H3,(H,18,19). The van der Waals surface area contributed by atoms with Gasteiger partial charge in [-0.3, -0.25) is 0 Å². The number of hydrogen-bond acceptors (Lipinski definition) is 3. The van der Waals surface area contributed by atoms with Gasteiger partial charge < -0.3 is 9.67 Å². The van der Waals surface area contributed by atoms with Crippen LogP contribution in [0.25, 0.3) is 10.9 Å². The van der Waals surface area contributed by atoms with Crippen molar-refractivity contribution >= 4 is 28.2 Å².